The summed E-state index contributed by atoms with van der Waals surface area (Å²) in [6.45, 7) is 4.07. The first kappa shape index (κ1) is 26.8. The number of aromatic amines is 1. The lowest BCUT2D eigenvalue weighted by molar-refractivity contribution is -0.149. The van der Waals surface area contributed by atoms with Gasteiger partial charge in [0.05, 0.1) is 12.7 Å². The molecule has 2 heterocycles. The van der Waals surface area contributed by atoms with E-state index >= 15 is 0 Å². The highest BCUT2D eigenvalue weighted by molar-refractivity contribution is 7.52. The minimum atomic E-state index is -4.28. The minimum Gasteiger partial charge on any atom is -0.462 e. The Labute approximate surface area is 199 Å². The van der Waals surface area contributed by atoms with Gasteiger partial charge in [0.15, 0.2) is 12.4 Å². The monoisotopic (exact) mass is 515 g/mol. The fraction of sp³-hybridized carbons (Fsp3) is 0.476. The molecule has 0 radical (unpaired) electrons. The molecule has 0 amide bonds. The Balaban J connectivity index is 1.75. The Morgan fingerprint density at radius 3 is 2.57 bits per heavy atom. The van der Waals surface area contributed by atoms with Crippen molar-refractivity contribution >= 4 is 13.7 Å². The third-order valence-corrected chi connectivity index (χ3v) is 6.50. The molecule has 1 fully saturated rings. The van der Waals surface area contributed by atoms with Crippen molar-refractivity contribution in [1.82, 2.24) is 14.6 Å². The number of esters is 1. The molecule has 1 aromatic carbocycles. The maximum absolute atomic E-state index is 14.7. The van der Waals surface area contributed by atoms with Crippen LogP contribution in [-0.2, 0) is 23.4 Å². The number of hydrogen-bond acceptors (Lipinski definition) is 9. The number of nitrogens with one attached hydrogen (secondary N) is 2. The average molecular weight is 515 g/mol. The fourth-order valence-electron chi connectivity index (χ4n) is 3.20. The SMILES string of the molecule is CC(C)OC(=O)[C@H](C)NP(=O)(OC[C@H]1O[C@@H](n2ccc(=O)[nH]c2=O)C(F)[C@H]1O)Oc1ccccc1. The van der Waals surface area contributed by atoms with Crippen molar-refractivity contribution in [1.29, 1.82) is 0 Å². The van der Waals surface area contributed by atoms with Crippen LogP contribution in [0, 0.1) is 0 Å². The van der Waals surface area contributed by atoms with Gasteiger partial charge in [-0.1, -0.05) is 18.2 Å². The quantitative estimate of drug-likeness (QED) is 0.311. The Morgan fingerprint density at radius 1 is 1.26 bits per heavy atom. The molecule has 35 heavy (non-hydrogen) atoms. The number of rotatable bonds is 10. The number of benzene rings is 1. The molecule has 12 nitrogen and oxygen atoms in total. The van der Waals surface area contributed by atoms with Gasteiger partial charge in [-0.15, -0.1) is 0 Å². The molecule has 192 valence electrons. The molecule has 3 rings (SSSR count). The fourth-order valence-corrected chi connectivity index (χ4v) is 4.70. The molecule has 1 aliphatic rings. The molecule has 2 unspecified atom stereocenters. The summed E-state index contributed by atoms with van der Waals surface area (Å²) in [4.78, 5) is 37.4. The predicted molar refractivity (Wildman–Crippen MR) is 121 cm³/mol. The lowest BCUT2D eigenvalue weighted by atomic mass is 10.1. The van der Waals surface area contributed by atoms with Crippen LogP contribution in [-0.4, -0.2) is 57.8 Å². The maximum atomic E-state index is 14.7. The van der Waals surface area contributed by atoms with Gasteiger partial charge < -0.3 is 19.1 Å². The number of para-hydroxylation sites is 1. The molecule has 1 aliphatic heterocycles. The van der Waals surface area contributed by atoms with Crippen molar-refractivity contribution in [2.24, 2.45) is 0 Å². The zero-order valence-electron chi connectivity index (χ0n) is 19.2. The van der Waals surface area contributed by atoms with Gasteiger partial charge in [0, 0.05) is 12.3 Å². The third-order valence-electron chi connectivity index (χ3n) is 4.85. The summed E-state index contributed by atoms with van der Waals surface area (Å²) < 4.78 is 50.4. The number of ether oxygens (including phenoxy) is 2. The number of aliphatic hydroxyl groups is 1. The predicted octanol–water partition coefficient (Wildman–Crippen LogP) is 1.27. The van der Waals surface area contributed by atoms with E-state index in [9.17, 15) is 28.4 Å². The molecule has 0 bridgehead atoms. The lowest BCUT2D eigenvalue weighted by Crippen LogP contribution is -2.37. The van der Waals surface area contributed by atoms with Gasteiger partial charge in [0.1, 0.15) is 24.0 Å². The van der Waals surface area contributed by atoms with Gasteiger partial charge in [-0.25, -0.2) is 13.8 Å². The Morgan fingerprint density at radius 2 is 1.94 bits per heavy atom. The number of aromatic nitrogens is 2. The van der Waals surface area contributed by atoms with E-state index in [1.807, 2.05) is 4.98 Å². The number of aliphatic hydroxyl groups excluding tert-OH is 1. The molecule has 0 saturated carbocycles. The van der Waals surface area contributed by atoms with Gasteiger partial charge in [0.2, 0.25) is 0 Å². The zero-order chi connectivity index (χ0) is 25.8. The van der Waals surface area contributed by atoms with Crippen molar-refractivity contribution < 1.29 is 37.4 Å². The highest BCUT2D eigenvalue weighted by atomic mass is 31.2. The van der Waals surface area contributed by atoms with Crippen LogP contribution in [0.5, 0.6) is 5.75 Å². The van der Waals surface area contributed by atoms with Crippen LogP contribution in [0.3, 0.4) is 0 Å². The third kappa shape index (κ3) is 6.86. The summed E-state index contributed by atoms with van der Waals surface area (Å²) >= 11 is 0. The standard InChI is InChI=1S/C21H27FN3O9P/c1-12(2)32-20(28)13(3)24-35(30,34-14-7-5-4-6-8-14)31-11-15-18(27)17(22)19(33-15)25-10-9-16(26)23-21(25)29/h4-10,12-13,15,17-19,27H,11H2,1-3H3,(H,24,30)(H,23,26,29)/t13-,15+,17?,18-,19+,35?/m0/s1. The van der Waals surface area contributed by atoms with Gasteiger partial charge in [-0.2, -0.15) is 5.09 Å². The van der Waals surface area contributed by atoms with Crippen LogP contribution in [0.25, 0.3) is 0 Å². The van der Waals surface area contributed by atoms with E-state index < -0.39 is 68.3 Å². The van der Waals surface area contributed by atoms with E-state index in [0.29, 0.717) is 0 Å². The number of nitrogens with zero attached hydrogens (tertiary/aromatic N) is 1. The molecule has 3 N–H and O–H groups in total. The van der Waals surface area contributed by atoms with Crippen LogP contribution in [0.15, 0.2) is 52.2 Å². The Kier molecular flexibility index (Phi) is 8.62. The minimum absolute atomic E-state index is 0.154. The summed E-state index contributed by atoms with van der Waals surface area (Å²) in [5, 5.41) is 12.8. The molecular weight excluding hydrogens is 488 g/mol. The molecule has 0 spiro atoms. The number of carbonyl (C=O) groups excluding carboxylic acids is 1. The number of alkyl halides is 1. The lowest BCUT2D eigenvalue weighted by Gasteiger charge is -2.25. The Bertz CT molecular complexity index is 1170. The number of halogens is 1. The van der Waals surface area contributed by atoms with E-state index in [4.69, 9.17) is 18.5 Å². The summed E-state index contributed by atoms with van der Waals surface area (Å²) in [6.07, 6.45) is -6.13. The second-order valence-corrected chi connectivity index (χ2v) is 9.75. The van der Waals surface area contributed by atoms with Gasteiger partial charge >= 0.3 is 19.4 Å². The second kappa shape index (κ2) is 11.3. The van der Waals surface area contributed by atoms with Gasteiger partial charge in [-0.05, 0) is 32.9 Å². The first-order valence-corrected chi connectivity index (χ1v) is 12.3. The number of hydrogen-bond donors (Lipinski definition) is 3. The molecule has 14 heteroatoms. The molecule has 2 aromatic rings. The van der Waals surface area contributed by atoms with Crippen molar-refractivity contribution in [3.8, 4) is 5.75 Å². The molecule has 0 aliphatic carbocycles. The van der Waals surface area contributed by atoms with Crippen LogP contribution in [0.4, 0.5) is 4.39 Å². The topological polar surface area (TPSA) is 158 Å². The van der Waals surface area contributed by atoms with Gasteiger partial charge in [0.25, 0.3) is 5.56 Å². The smallest absolute Gasteiger partial charge is 0.459 e. The van der Waals surface area contributed by atoms with E-state index in [-0.39, 0.29) is 5.75 Å². The normalized spacial score (nSPS) is 24.6. The zero-order valence-corrected chi connectivity index (χ0v) is 20.1. The van der Waals surface area contributed by atoms with E-state index in [1.54, 1.807) is 32.0 Å². The summed E-state index contributed by atoms with van der Waals surface area (Å²) in [6, 6.07) is 7.86. The molecular formula is C21H27FN3O9P. The van der Waals surface area contributed by atoms with Crippen molar-refractivity contribution in [3.63, 3.8) is 0 Å². The molecule has 1 saturated heterocycles. The van der Waals surface area contributed by atoms with E-state index in [1.165, 1.54) is 19.1 Å². The van der Waals surface area contributed by atoms with Gasteiger partial charge in [-0.3, -0.25) is 23.7 Å². The average Bonchev–Trinajstić information content (AvgIpc) is 3.06. The van der Waals surface area contributed by atoms with Crippen LogP contribution >= 0.6 is 7.75 Å². The van der Waals surface area contributed by atoms with Crippen molar-refractivity contribution in [3.05, 3.63) is 63.4 Å². The number of carbonyl (C=O) groups is 1. The highest BCUT2D eigenvalue weighted by Crippen LogP contribution is 2.46. The van der Waals surface area contributed by atoms with E-state index in [0.717, 1.165) is 16.8 Å². The van der Waals surface area contributed by atoms with Crippen molar-refractivity contribution in [2.45, 2.75) is 57.5 Å². The summed E-state index contributed by atoms with van der Waals surface area (Å²) in [5.74, 6) is -0.555. The largest absolute Gasteiger partial charge is 0.462 e. The van der Waals surface area contributed by atoms with Crippen LogP contribution in [0.2, 0.25) is 0 Å². The highest BCUT2D eigenvalue weighted by Gasteiger charge is 2.47. The maximum Gasteiger partial charge on any atom is 0.459 e. The van der Waals surface area contributed by atoms with Crippen LogP contribution < -0.4 is 20.9 Å². The Hall–Kier alpha value is -2.83. The summed E-state index contributed by atoms with van der Waals surface area (Å²) in [7, 11) is -4.28. The second-order valence-electron chi connectivity index (χ2n) is 8.05. The molecule has 6 atom stereocenters. The first-order chi connectivity index (χ1) is 16.5. The molecule has 1 aromatic heterocycles. The van der Waals surface area contributed by atoms with E-state index in [2.05, 4.69) is 5.09 Å². The van der Waals surface area contributed by atoms with Crippen LogP contribution in [0.1, 0.15) is 27.0 Å². The first-order valence-electron chi connectivity index (χ1n) is 10.8. The van der Waals surface area contributed by atoms with Crippen molar-refractivity contribution in [2.75, 3.05) is 6.61 Å². The summed E-state index contributed by atoms with van der Waals surface area (Å²) in [5.41, 5.74) is -1.62. The number of H-pyrrole nitrogens is 1.